The maximum Gasteiger partial charge on any atom is 0.419 e. The van der Waals surface area contributed by atoms with Gasteiger partial charge in [-0.05, 0) is 41.5 Å². The van der Waals surface area contributed by atoms with Crippen molar-refractivity contribution in [2.75, 3.05) is 39.2 Å². The first-order chi connectivity index (χ1) is 14.5. The van der Waals surface area contributed by atoms with Crippen LogP contribution in [-0.2, 0) is 22.9 Å². The van der Waals surface area contributed by atoms with Crippen molar-refractivity contribution in [1.29, 1.82) is 0 Å². The standard InChI is InChI=1S/C23H27F3N2O3/c1-22(2)14-28(9-10-30-3)13-16-11-17(6-7-18(16)22)27-21(29)15-5-8-20(31-4)19(12-15)23(24,25)26/h5-8,11-12H,9-10,13-14H2,1-4H3,(H,27,29). The summed E-state index contributed by atoms with van der Waals surface area (Å²) in [5.41, 5.74) is 1.68. The Morgan fingerprint density at radius 2 is 1.90 bits per heavy atom. The Labute approximate surface area is 180 Å². The Balaban J connectivity index is 1.84. The minimum absolute atomic E-state index is 0.0680. The lowest BCUT2D eigenvalue weighted by atomic mass is 9.78. The van der Waals surface area contributed by atoms with Crippen molar-refractivity contribution in [2.24, 2.45) is 0 Å². The van der Waals surface area contributed by atoms with Crippen LogP contribution in [0.2, 0.25) is 0 Å². The molecule has 168 valence electrons. The average molecular weight is 436 g/mol. The average Bonchev–Trinajstić information content (AvgIpc) is 2.70. The molecule has 0 fully saturated rings. The van der Waals surface area contributed by atoms with Crippen molar-refractivity contribution in [3.8, 4) is 5.75 Å². The lowest BCUT2D eigenvalue weighted by Crippen LogP contribution is -2.43. The fraction of sp³-hybridized carbons (Fsp3) is 0.435. The van der Waals surface area contributed by atoms with Crippen molar-refractivity contribution >= 4 is 11.6 Å². The number of fused-ring (bicyclic) bond motifs is 1. The van der Waals surface area contributed by atoms with Crippen LogP contribution >= 0.6 is 0 Å². The van der Waals surface area contributed by atoms with Crippen molar-refractivity contribution in [2.45, 2.75) is 32.0 Å². The van der Waals surface area contributed by atoms with Gasteiger partial charge in [0.05, 0.1) is 19.3 Å². The van der Waals surface area contributed by atoms with Crippen molar-refractivity contribution < 1.29 is 27.4 Å². The van der Waals surface area contributed by atoms with Crippen LogP contribution in [0.1, 0.15) is 40.9 Å². The number of anilines is 1. The molecule has 5 nitrogen and oxygen atoms in total. The van der Waals surface area contributed by atoms with Gasteiger partial charge in [0, 0.05) is 43.4 Å². The SMILES string of the molecule is COCCN1Cc2cc(NC(=O)c3ccc(OC)c(C(F)(F)F)c3)ccc2C(C)(C)C1. The van der Waals surface area contributed by atoms with Gasteiger partial charge >= 0.3 is 6.18 Å². The number of ether oxygens (including phenoxy) is 2. The minimum atomic E-state index is -4.62. The third-order valence-corrected chi connectivity index (χ3v) is 5.48. The Bertz CT molecular complexity index is 958. The van der Waals surface area contributed by atoms with Crippen LogP contribution in [0.4, 0.5) is 18.9 Å². The van der Waals surface area contributed by atoms with E-state index in [-0.39, 0.29) is 16.7 Å². The van der Waals surface area contributed by atoms with Gasteiger partial charge in [0.1, 0.15) is 5.75 Å². The van der Waals surface area contributed by atoms with Crippen LogP contribution in [0.15, 0.2) is 36.4 Å². The van der Waals surface area contributed by atoms with Gasteiger partial charge in [0.25, 0.3) is 5.91 Å². The largest absolute Gasteiger partial charge is 0.496 e. The quantitative estimate of drug-likeness (QED) is 0.713. The summed E-state index contributed by atoms with van der Waals surface area (Å²) in [6.45, 7) is 7.36. The highest BCUT2D eigenvalue weighted by Gasteiger charge is 2.35. The van der Waals surface area contributed by atoms with Crippen LogP contribution in [-0.4, -0.2) is 44.7 Å². The third-order valence-electron chi connectivity index (χ3n) is 5.48. The fourth-order valence-electron chi connectivity index (χ4n) is 4.06. The van der Waals surface area contributed by atoms with Crippen LogP contribution in [0, 0.1) is 0 Å². The van der Waals surface area contributed by atoms with Gasteiger partial charge in [-0.2, -0.15) is 13.2 Å². The second-order valence-corrected chi connectivity index (χ2v) is 8.33. The maximum atomic E-state index is 13.3. The number of alkyl halides is 3. The summed E-state index contributed by atoms with van der Waals surface area (Å²) in [6, 6.07) is 8.94. The minimum Gasteiger partial charge on any atom is -0.496 e. The summed E-state index contributed by atoms with van der Waals surface area (Å²) in [5, 5.41) is 2.72. The van der Waals surface area contributed by atoms with Gasteiger partial charge in [0.2, 0.25) is 0 Å². The molecule has 0 spiro atoms. The zero-order valence-corrected chi connectivity index (χ0v) is 18.1. The van der Waals surface area contributed by atoms with E-state index in [4.69, 9.17) is 9.47 Å². The lowest BCUT2D eigenvalue weighted by molar-refractivity contribution is -0.138. The smallest absolute Gasteiger partial charge is 0.419 e. The maximum absolute atomic E-state index is 13.3. The molecule has 1 aliphatic rings. The molecule has 1 heterocycles. The molecule has 0 saturated heterocycles. The van der Waals surface area contributed by atoms with Crippen LogP contribution in [0.25, 0.3) is 0 Å². The number of amides is 1. The number of benzene rings is 2. The number of carbonyl (C=O) groups is 1. The summed E-state index contributed by atoms with van der Waals surface area (Å²) in [5.74, 6) is -0.935. The number of halogens is 3. The Hall–Kier alpha value is -2.58. The van der Waals surface area contributed by atoms with Crippen LogP contribution < -0.4 is 10.1 Å². The van der Waals surface area contributed by atoms with E-state index in [1.165, 1.54) is 11.6 Å². The van der Waals surface area contributed by atoms with E-state index in [1.807, 2.05) is 12.1 Å². The van der Waals surface area contributed by atoms with Crippen LogP contribution in [0.5, 0.6) is 5.75 Å². The zero-order valence-electron chi connectivity index (χ0n) is 18.1. The summed E-state index contributed by atoms with van der Waals surface area (Å²) < 4.78 is 49.8. The molecule has 0 radical (unpaired) electrons. The molecule has 1 aliphatic heterocycles. The van der Waals surface area contributed by atoms with Gasteiger partial charge in [0.15, 0.2) is 0 Å². The molecule has 31 heavy (non-hydrogen) atoms. The molecule has 0 aliphatic carbocycles. The normalized spacial score (nSPS) is 16.0. The predicted molar refractivity (Wildman–Crippen MR) is 113 cm³/mol. The van der Waals surface area contributed by atoms with E-state index in [0.717, 1.165) is 37.9 Å². The highest BCUT2D eigenvalue weighted by atomic mass is 19.4. The van der Waals surface area contributed by atoms with Gasteiger partial charge in [-0.3, -0.25) is 9.69 Å². The van der Waals surface area contributed by atoms with Gasteiger partial charge in [-0.1, -0.05) is 19.9 Å². The molecular weight excluding hydrogens is 409 g/mol. The summed E-state index contributed by atoms with van der Waals surface area (Å²) >= 11 is 0. The Kier molecular flexibility index (Phi) is 6.62. The number of carbonyl (C=O) groups excluding carboxylic acids is 1. The molecule has 2 aromatic rings. The summed E-state index contributed by atoms with van der Waals surface area (Å²) in [4.78, 5) is 14.9. The van der Waals surface area contributed by atoms with Gasteiger partial charge < -0.3 is 14.8 Å². The molecule has 2 aromatic carbocycles. The molecule has 0 unspecified atom stereocenters. The summed E-state index contributed by atoms with van der Waals surface area (Å²) in [7, 11) is 2.83. The highest BCUT2D eigenvalue weighted by Crippen LogP contribution is 2.37. The number of hydrogen-bond acceptors (Lipinski definition) is 4. The van der Waals surface area contributed by atoms with E-state index >= 15 is 0 Å². The monoisotopic (exact) mass is 436 g/mol. The zero-order chi connectivity index (χ0) is 22.8. The molecular formula is C23H27F3N2O3. The molecule has 3 rings (SSSR count). The van der Waals surface area contributed by atoms with Gasteiger partial charge in [-0.15, -0.1) is 0 Å². The van der Waals surface area contributed by atoms with E-state index in [0.29, 0.717) is 18.8 Å². The van der Waals surface area contributed by atoms with E-state index in [1.54, 1.807) is 13.2 Å². The second-order valence-electron chi connectivity index (χ2n) is 8.33. The van der Waals surface area contributed by atoms with Gasteiger partial charge in [-0.25, -0.2) is 0 Å². The summed E-state index contributed by atoms with van der Waals surface area (Å²) in [6.07, 6.45) is -4.62. The van der Waals surface area contributed by atoms with Crippen molar-refractivity contribution in [3.05, 3.63) is 58.7 Å². The molecule has 0 bridgehead atoms. The Morgan fingerprint density at radius 1 is 1.16 bits per heavy atom. The fourth-order valence-corrected chi connectivity index (χ4v) is 4.06. The molecule has 0 aromatic heterocycles. The van der Waals surface area contributed by atoms with Crippen molar-refractivity contribution in [1.82, 2.24) is 4.90 Å². The highest BCUT2D eigenvalue weighted by molar-refractivity contribution is 6.04. The molecule has 0 saturated carbocycles. The van der Waals surface area contributed by atoms with E-state index < -0.39 is 17.6 Å². The first-order valence-electron chi connectivity index (χ1n) is 9.96. The molecule has 1 N–H and O–H groups in total. The lowest BCUT2D eigenvalue weighted by Gasteiger charge is -2.40. The predicted octanol–water partition coefficient (Wildman–Crippen LogP) is 4.71. The number of nitrogens with zero attached hydrogens (tertiary/aromatic N) is 1. The van der Waals surface area contributed by atoms with E-state index in [2.05, 4.69) is 24.1 Å². The Morgan fingerprint density at radius 3 is 2.55 bits per heavy atom. The second kappa shape index (κ2) is 8.88. The first kappa shape index (κ1) is 23.1. The number of nitrogens with one attached hydrogen (secondary N) is 1. The van der Waals surface area contributed by atoms with E-state index in [9.17, 15) is 18.0 Å². The molecule has 1 amide bonds. The van der Waals surface area contributed by atoms with Crippen LogP contribution in [0.3, 0.4) is 0 Å². The molecule has 8 heteroatoms. The molecule has 0 atom stereocenters. The number of rotatable bonds is 6. The number of methoxy groups -OCH3 is 2. The topological polar surface area (TPSA) is 50.8 Å². The van der Waals surface area contributed by atoms with Crippen molar-refractivity contribution in [3.63, 3.8) is 0 Å². The first-order valence-corrected chi connectivity index (χ1v) is 9.96. The third kappa shape index (κ3) is 5.19. The number of hydrogen-bond donors (Lipinski definition) is 1.